The lowest BCUT2D eigenvalue weighted by molar-refractivity contribution is 0.0931. The number of hydrogen-bond acceptors (Lipinski definition) is 5. The Morgan fingerprint density at radius 1 is 1.13 bits per heavy atom. The Morgan fingerprint density at radius 2 is 1.97 bits per heavy atom. The highest BCUT2D eigenvalue weighted by Crippen LogP contribution is 2.24. The maximum atomic E-state index is 12.9. The summed E-state index contributed by atoms with van der Waals surface area (Å²) in [6.45, 7) is 2.51. The van der Waals surface area contributed by atoms with Crippen LogP contribution in [-0.2, 0) is 19.4 Å². The van der Waals surface area contributed by atoms with Gasteiger partial charge in [-0.05, 0) is 75.4 Å². The number of hydrogen-bond donors (Lipinski definition) is 3. The molecule has 162 valence electrons. The second kappa shape index (κ2) is 8.67. The van der Waals surface area contributed by atoms with Gasteiger partial charge in [0.1, 0.15) is 17.2 Å². The van der Waals surface area contributed by atoms with Crippen LogP contribution in [0.15, 0.2) is 30.3 Å². The van der Waals surface area contributed by atoms with Crippen LogP contribution >= 0.6 is 0 Å². The molecule has 2 aliphatic rings. The fourth-order valence-electron chi connectivity index (χ4n) is 4.66. The first-order valence-electron chi connectivity index (χ1n) is 11.4. The molecular weight excluding hydrogens is 388 g/mol. The highest BCUT2D eigenvalue weighted by molar-refractivity contribution is 6.05. The molecule has 0 spiro atoms. The SMILES string of the molecule is CN(Cc1nc2c(C(=O)NC3CCNCC3)cccc2[nH]1)c1ccc2c(n1)CCCC2. The zero-order valence-electron chi connectivity index (χ0n) is 18.1. The molecular formula is C24H30N6O. The van der Waals surface area contributed by atoms with Crippen LogP contribution in [0.4, 0.5) is 5.82 Å². The molecule has 7 heteroatoms. The lowest BCUT2D eigenvalue weighted by atomic mass is 9.96. The van der Waals surface area contributed by atoms with E-state index < -0.39 is 0 Å². The number of rotatable bonds is 5. The average Bonchev–Trinajstić information content (AvgIpc) is 3.21. The van der Waals surface area contributed by atoms with Gasteiger partial charge in [-0.1, -0.05) is 12.1 Å². The molecule has 1 aliphatic heterocycles. The number of piperidine rings is 1. The van der Waals surface area contributed by atoms with Crippen LogP contribution in [0.3, 0.4) is 0 Å². The van der Waals surface area contributed by atoms with Crippen molar-refractivity contribution in [1.82, 2.24) is 25.6 Å². The van der Waals surface area contributed by atoms with E-state index in [2.05, 4.69) is 32.7 Å². The van der Waals surface area contributed by atoms with E-state index in [0.717, 1.165) is 61.4 Å². The standard InChI is InChI=1S/C24H30N6O/c1-30(22-10-9-16-5-2-3-7-19(16)28-22)15-21-27-20-8-4-6-18(23(20)29-21)24(31)26-17-11-13-25-14-12-17/h4,6,8-10,17,25H,2-3,5,7,11-15H2,1H3,(H,26,31)(H,27,29). The molecule has 0 saturated carbocycles. The number of aryl methyl sites for hydroxylation is 2. The van der Waals surface area contributed by atoms with Crippen molar-refractivity contribution >= 4 is 22.8 Å². The van der Waals surface area contributed by atoms with Gasteiger partial charge in [-0.2, -0.15) is 0 Å². The number of carbonyl (C=O) groups is 1. The molecule has 2 aromatic heterocycles. The summed E-state index contributed by atoms with van der Waals surface area (Å²) >= 11 is 0. The van der Waals surface area contributed by atoms with Gasteiger partial charge < -0.3 is 20.5 Å². The van der Waals surface area contributed by atoms with Gasteiger partial charge >= 0.3 is 0 Å². The fourth-order valence-corrected chi connectivity index (χ4v) is 4.66. The number of imidazole rings is 1. The van der Waals surface area contributed by atoms with E-state index in [4.69, 9.17) is 9.97 Å². The summed E-state index contributed by atoms with van der Waals surface area (Å²) < 4.78 is 0. The molecule has 0 radical (unpaired) electrons. The number of aromatic nitrogens is 3. The molecule has 3 N–H and O–H groups in total. The van der Waals surface area contributed by atoms with Gasteiger partial charge in [0.25, 0.3) is 5.91 Å². The largest absolute Gasteiger partial charge is 0.352 e. The molecule has 1 saturated heterocycles. The predicted octanol–water partition coefficient (Wildman–Crippen LogP) is 2.95. The first-order valence-corrected chi connectivity index (χ1v) is 11.4. The van der Waals surface area contributed by atoms with Gasteiger partial charge in [0, 0.05) is 18.8 Å². The summed E-state index contributed by atoms with van der Waals surface area (Å²) in [5.74, 6) is 1.75. The summed E-state index contributed by atoms with van der Waals surface area (Å²) in [4.78, 5) is 28.1. The summed E-state index contributed by atoms with van der Waals surface area (Å²) in [5, 5.41) is 6.51. The van der Waals surface area contributed by atoms with Gasteiger partial charge in [0.05, 0.1) is 17.6 Å². The number of para-hydroxylation sites is 1. The van der Waals surface area contributed by atoms with Crippen LogP contribution < -0.4 is 15.5 Å². The van der Waals surface area contributed by atoms with Gasteiger partial charge in [-0.25, -0.2) is 9.97 Å². The van der Waals surface area contributed by atoms with Crippen LogP contribution in [0.2, 0.25) is 0 Å². The summed E-state index contributed by atoms with van der Waals surface area (Å²) in [5.41, 5.74) is 4.87. The highest BCUT2D eigenvalue weighted by Gasteiger charge is 2.20. The van der Waals surface area contributed by atoms with Crippen LogP contribution in [0.25, 0.3) is 11.0 Å². The normalized spacial score (nSPS) is 16.8. The quantitative estimate of drug-likeness (QED) is 0.593. The van der Waals surface area contributed by atoms with E-state index >= 15 is 0 Å². The smallest absolute Gasteiger partial charge is 0.253 e. The van der Waals surface area contributed by atoms with Gasteiger partial charge in [0.2, 0.25) is 0 Å². The van der Waals surface area contributed by atoms with Crippen LogP contribution in [-0.4, -0.2) is 47.0 Å². The molecule has 5 rings (SSSR count). The van der Waals surface area contributed by atoms with Crippen molar-refractivity contribution < 1.29 is 4.79 Å². The highest BCUT2D eigenvalue weighted by atomic mass is 16.1. The Bertz CT molecular complexity index is 1080. The van der Waals surface area contributed by atoms with Gasteiger partial charge in [-0.15, -0.1) is 0 Å². The van der Waals surface area contributed by atoms with E-state index in [1.54, 1.807) is 0 Å². The van der Waals surface area contributed by atoms with Crippen LogP contribution in [0, 0.1) is 0 Å². The number of benzene rings is 1. The number of aromatic amines is 1. The van der Waals surface area contributed by atoms with Crippen molar-refractivity contribution in [2.75, 3.05) is 25.0 Å². The van der Waals surface area contributed by atoms with E-state index in [1.807, 2.05) is 25.2 Å². The molecule has 3 aromatic rings. The maximum Gasteiger partial charge on any atom is 0.253 e. The Labute approximate surface area is 182 Å². The van der Waals surface area contributed by atoms with Crippen molar-refractivity contribution in [1.29, 1.82) is 0 Å². The van der Waals surface area contributed by atoms with Gasteiger partial charge in [0.15, 0.2) is 0 Å². The minimum Gasteiger partial charge on any atom is -0.352 e. The number of nitrogens with zero attached hydrogens (tertiary/aromatic N) is 3. The molecule has 0 bridgehead atoms. The molecule has 7 nitrogen and oxygen atoms in total. The number of fused-ring (bicyclic) bond motifs is 2. The third-order valence-corrected chi connectivity index (χ3v) is 6.42. The molecule has 1 amide bonds. The molecule has 1 aliphatic carbocycles. The van der Waals surface area contributed by atoms with Crippen molar-refractivity contribution in [2.45, 2.75) is 51.1 Å². The lowest BCUT2D eigenvalue weighted by Gasteiger charge is -2.23. The Balaban J connectivity index is 1.34. The van der Waals surface area contributed by atoms with E-state index in [0.29, 0.717) is 12.1 Å². The molecule has 1 fully saturated rings. The monoisotopic (exact) mass is 418 g/mol. The number of carbonyl (C=O) groups excluding carboxylic acids is 1. The number of anilines is 1. The lowest BCUT2D eigenvalue weighted by Crippen LogP contribution is -2.42. The Hall–Kier alpha value is -2.93. The van der Waals surface area contributed by atoms with Crippen LogP contribution in [0.5, 0.6) is 0 Å². The molecule has 0 atom stereocenters. The maximum absolute atomic E-state index is 12.9. The van der Waals surface area contributed by atoms with E-state index in [-0.39, 0.29) is 11.9 Å². The third kappa shape index (κ3) is 4.28. The topological polar surface area (TPSA) is 85.9 Å². The second-order valence-corrected chi connectivity index (χ2v) is 8.72. The number of pyridine rings is 1. The Kier molecular flexibility index (Phi) is 5.59. The molecule has 0 unspecified atom stereocenters. The minimum absolute atomic E-state index is 0.0414. The number of amides is 1. The van der Waals surface area contributed by atoms with Crippen molar-refractivity contribution in [3.05, 3.63) is 53.0 Å². The zero-order valence-corrected chi connectivity index (χ0v) is 18.1. The molecule has 3 heterocycles. The summed E-state index contributed by atoms with van der Waals surface area (Å²) in [7, 11) is 2.04. The number of H-pyrrole nitrogens is 1. The molecule has 1 aromatic carbocycles. The number of nitrogens with one attached hydrogen (secondary N) is 3. The van der Waals surface area contributed by atoms with Crippen molar-refractivity contribution in [3.8, 4) is 0 Å². The van der Waals surface area contributed by atoms with Crippen molar-refractivity contribution in [2.24, 2.45) is 0 Å². The first-order chi connectivity index (χ1) is 15.2. The predicted molar refractivity (Wildman–Crippen MR) is 122 cm³/mol. The summed E-state index contributed by atoms with van der Waals surface area (Å²) in [6.07, 6.45) is 6.61. The Morgan fingerprint density at radius 3 is 2.84 bits per heavy atom. The van der Waals surface area contributed by atoms with E-state index in [9.17, 15) is 4.79 Å². The zero-order chi connectivity index (χ0) is 21.2. The van der Waals surface area contributed by atoms with E-state index in [1.165, 1.54) is 24.1 Å². The van der Waals surface area contributed by atoms with Crippen LogP contribution in [0.1, 0.15) is 53.1 Å². The average molecular weight is 419 g/mol. The molecule has 31 heavy (non-hydrogen) atoms. The summed E-state index contributed by atoms with van der Waals surface area (Å²) in [6, 6.07) is 10.3. The second-order valence-electron chi connectivity index (χ2n) is 8.72. The fraction of sp³-hybridized carbons (Fsp3) is 0.458. The third-order valence-electron chi connectivity index (χ3n) is 6.42. The first kappa shape index (κ1) is 20.0. The van der Waals surface area contributed by atoms with Crippen molar-refractivity contribution in [3.63, 3.8) is 0 Å². The minimum atomic E-state index is -0.0414. The van der Waals surface area contributed by atoms with Gasteiger partial charge in [-0.3, -0.25) is 4.79 Å².